The van der Waals surface area contributed by atoms with Crippen LogP contribution in [0.4, 0.5) is 14.5 Å². The highest BCUT2D eigenvalue weighted by Gasteiger charge is 2.05. The van der Waals surface area contributed by atoms with Gasteiger partial charge in [0.05, 0.1) is 12.8 Å². The Morgan fingerprint density at radius 3 is 2.43 bits per heavy atom. The zero-order valence-corrected chi connectivity index (χ0v) is 11.9. The number of aryl methyl sites for hydroxylation is 1. The topological polar surface area (TPSA) is 30.5 Å². The van der Waals surface area contributed by atoms with Crippen LogP contribution in [0.15, 0.2) is 42.5 Å². The van der Waals surface area contributed by atoms with Crippen LogP contribution < -0.4 is 14.8 Å². The normalized spacial score (nSPS) is 10.5. The zero-order chi connectivity index (χ0) is 15.2. The zero-order valence-electron chi connectivity index (χ0n) is 11.9. The van der Waals surface area contributed by atoms with Gasteiger partial charge >= 0.3 is 6.61 Å². The van der Waals surface area contributed by atoms with E-state index in [1.807, 2.05) is 25.1 Å². The van der Waals surface area contributed by atoms with E-state index < -0.39 is 6.61 Å². The molecule has 0 saturated carbocycles. The quantitative estimate of drug-likeness (QED) is 0.865. The second kappa shape index (κ2) is 6.92. The van der Waals surface area contributed by atoms with Crippen LogP contribution >= 0.6 is 0 Å². The number of rotatable bonds is 6. The van der Waals surface area contributed by atoms with Gasteiger partial charge in [0.15, 0.2) is 0 Å². The fraction of sp³-hybridized carbons (Fsp3) is 0.250. The maximum Gasteiger partial charge on any atom is 0.387 e. The molecule has 0 fully saturated rings. The number of benzene rings is 2. The maximum absolute atomic E-state index is 12.1. The van der Waals surface area contributed by atoms with Gasteiger partial charge in [-0.25, -0.2) is 0 Å². The molecule has 0 aliphatic rings. The van der Waals surface area contributed by atoms with Crippen molar-refractivity contribution in [1.29, 1.82) is 0 Å². The van der Waals surface area contributed by atoms with Crippen LogP contribution in [0, 0.1) is 6.92 Å². The Bertz CT molecular complexity index is 585. The molecule has 0 bridgehead atoms. The van der Waals surface area contributed by atoms with Gasteiger partial charge in [-0.1, -0.05) is 18.2 Å². The molecule has 0 aromatic heterocycles. The van der Waals surface area contributed by atoms with Crippen LogP contribution in [0.25, 0.3) is 0 Å². The molecule has 0 aliphatic heterocycles. The molecule has 2 rings (SSSR count). The third-order valence-electron chi connectivity index (χ3n) is 2.99. The fourth-order valence-electron chi connectivity index (χ4n) is 1.93. The lowest BCUT2D eigenvalue weighted by molar-refractivity contribution is -0.0498. The number of nitrogens with one attached hydrogen (secondary N) is 1. The van der Waals surface area contributed by atoms with E-state index >= 15 is 0 Å². The summed E-state index contributed by atoms with van der Waals surface area (Å²) in [6.45, 7) is -0.242. The maximum atomic E-state index is 12.1. The Morgan fingerprint density at radius 1 is 1.10 bits per heavy atom. The molecule has 5 heteroatoms. The summed E-state index contributed by atoms with van der Waals surface area (Å²) in [5.74, 6) is 0.925. The highest BCUT2D eigenvalue weighted by molar-refractivity contribution is 5.57. The molecule has 1 N–H and O–H groups in total. The predicted octanol–water partition coefficient (Wildman–Crippen LogP) is 4.22. The fourth-order valence-corrected chi connectivity index (χ4v) is 1.93. The van der Waals surface area contributed by atoms with Gasteiger partial charge in [-0.05, 0) is 42.3 Å². The SMILES string of the molecule is COc1cc(C)ccc1NCc1ccc(OC(F)F)cc1. The smallest absolute Gasteiger partial charge is 0.387 e. The Balaban J connectivity index is 2.00. The molecule has 112 valence electrons. The lowest BCUT2D eigenvalue weighted by Gasteiger charge is -2.12. The van der Waals surface area contributed by atoms with Gasteiger partial charge in [0.25, 0.3) is 0 Å². The molecule has 0 heterocycles. The van der Waals surface area contributed by atoms with E-state index in [-0.39, 0.29) is 5.75 Å². The van der Waals surface area contributed by atoms with Crippen LogP contribution in [0.1, 0.15) is 11.1 Å². The summed E-state index contributed by atoms with van der Waals surface area (Å²) in [7, 11) is 1.62. The first-order chi connectivity index (χ1) is 10.1. The first kappa shape index (κ1) is 15.1. The van der Waals surface area contributed by atoms with E-state index in [4.69, 9.17) is 4.74 Å². The molecule has 0 atom stereocenters. The largest absolute Gasteiger partial charge is 0.495 e. The molecule has 0 unspecified atom stereocenters. The number of methoxy groups -OCH3 is 1. The first-order valence-corrected chi connectivity index (χ1v) is 6.51. The van der Waals surface area contributed by atoms with Crippen molar-refractivity contribution in [1.82, 2.24) is 0 Å². The summed E-state index contributed by atoms with van der Waals surface area (Å²) in [6, 6.07) is 12.4. The van der Waals surface area contributed by atoms with Crippen molar-refractivity contribution in [3.63, 3.8) is 0 Å². The van der Waals surface area contributed by atoms with E-state index in [2.05, 4.69) is 10.1 Å². The van der Waals surface area contributed by atoms with Crippen molar-refractivity contribution < 1.29 is 18.3 Å². The molecule has 3 nitrogen and oxygen atoms in total. The van der Waals surface area contributed by atoms with Crippen molar-refractivity contribution in [3.8, 4) is 11.5 Å². The van der Waals surface area contributed by atoms with E-state index in [0.29, 0.717) is 6.54 Å². The van der Waals surface area contributed by atoms with Crippen molar-refractivity contribution in [2.24, 2.45) is 0 Å². The summed E-state index contributed by atoms with van der Waals surface area (Å²) in [5, 5.41) is 3.25. The average molecular weight is 293 g/mol. The summed E-state index contributed by atoms with van der Waals surface area (Å²) < 4.78 is 33.7. The number of halogens is 2. The predicted molar refractivity (Wildman–Crippen MR) is 78.1 cm³/mol. The van der Waals surface area contributed by atoms with Crippen molar-refractivity contribution in [3.05, 3.63) is 53.6 Å². The molecule has 0 amide bonds. The summed E-state index contributed by atoms with van der Waals surface area (Å²) in [5.41, 5.74) is 2.96. The first-order valence-electron chi connectivity index (χ1n) is 6.51. The van der Waals surface area contributed by atoms with Gasteiger partial charge in [-0.15, -0.1) is 0 Å². The van der Waals surface area contributed by atoms with E-state index in [1.54, 1.807) is 19.2 Å². The Kier molecular flexibility index (Phi) is 4.98. The Hall–Kier alpha value is -2.30. The number of alkyl halides is 2. The lowest BCUT2D eigenvalue weighted by Crippen LogP contribution is -2.03. The number of hydrogen-bond donors (Lipinski definition) is 1. The van der Waals surface area contributed by atoms with Gasteiger partial charge in [-0.2, -0.15) is 8.78 Å². The highest BCUT2D eigenvalue weighted by atomic mass is 19.3. The molecular formula is C16H17F2NO2. The van der Waals surface area contributed by atoms with Gasteiger partial charge < -0.3 is 14.8 Å². The molecule has 2 aromatic carbocycles. The van der Waals surface area contributed by atoms with Gasteiger partial charge in [0.1, 0.15) is 11.5 Å². The molecule has 0 spiro atoms. The Morgan fingerprint density at radius 2 is 1.81 bits per heavy atom. The van der Waals surface area contributed by atoms with Gasteiger partial charge in [-0.3, -0.25) is 0 Å². The molecule has 0 aliphatic carbocycles. The van der Waals surface area contributed by atoms with Gasteiger partial charge in [0, 0.05) is 6.54 Å². The Labute approximate surface area is 122 Å². The third kappa shape index (κ3) is 4.34. The van der Waals surface area contributed by atoms with E-state index in [9.17, 15) is 8.78 Å². The van der Waals surface area contributed by atoms with Crippen LogP contribution in [-0.2, 0) is 6.54 Å². The van der Waals surface area contributed by atoms with E-state index in [0.717, 1.165) is 22.6 Å². The van der Waals surface area contributed by atoms with Crippen molar-refractivity contribution in [2.45, 2.75) is 20.1 Å². The second-order valence-corrected chi connectivity index (χ2v) is 4.58. The van der Waals surface area contributed by atoms with Crippen molar-refractivity contribution in [2.75, 3.05) is 12.4 Å². The van der Waals surface area contributed by atoms with Crippen LogP contribution in [0.2, 0.25) is 0 Å². The molecule has 0 radical (unpaired) electrons. The minimum atomic E-state index is -2.80. The molecule has 21 heavy (non-hydrogen) atoms. The standard InChI is InChI=1S/C16H17F2NO2/c1-11-3-8-14(15(9-11)20-2)19-10-12-4-6-13(7-5-12)21-16(17)18/h3-9,16,19H,10H2,1-2H3. The summed E-state index contributed by atoms with van der Waals surface area (Å²) in [6.07, 6.45) is 0. The number of ether oxygens (including phenoxy) is 2. The second-order valence-electron chi connectivity index (χ2n) is 4.58. The minimum absolute atomic E-state index is 0.154. The van der Waals surface area contributed by atoms with Crippen LogP contribution in [-0.4, -0.2) is 13.7 Å². The summed E-state index contributed by atoms with van der Waals surface area (Å²) >= 11 is 0. The van der Waals surface area contributed by atoms with Gasteiger partial charge in [0.2, 0.25) is 0 Å². The minimum Gasteiger partial charge on any atom is -0.495 e. The van der Waals surface area contributed by atoms with Crippen LogP contribution in [0.3, 0.4) is 0 Å². The number of hydrogen-bond acceptors (Lipinski definition) is 3. The van der Waals surface area contributed by atoms with E-state index in [1.165, 1.54) is 12.1 Å². The molecular weight excluding hydrogens is 276 g/mol. The summed E-state index contributed by atoms with van der Waals surface area (Å²) in [4.78, 5) is 0. The lowest BCUT2D eigenvalue weighted by atomic mass is 10.2. The average Bonchev–Trinajstić information content (AvgIpc) is 2.46. The highest BCUT2D eigenvalue weighted by Crippen LogP contribution is 2.26. The number of anilines is 1. The molecule has 0 saturated heterocycles. The molecule has 2 aromatic rings. The van der Waals surface area contributed by atoms with Crippen LogP contribution in [0.5, 0.6) is 11.5 Å². The third-order valence-corrected chi connectivity index (χ3v) is 2.99. The van der Waals surface area contributed by atoms with Crippen molar-refractivity contribution >= 4 is 5.69 Å². The monoisotopic (exact) mass is 293 g/mol.